The van der Waals surface area contributed by atoms with E-state index in [1.165, 1.54) is 0 Å². The van der Waals surface area contributed by atoms with Crippen molar-refractivity contribution in [2.24, 2.45) is 5.92 Å². The topological polar surface area (TPSA) is 53.7 Å². The van der Waals surface area contributed by atoms with Gasteiger partial charge in [0.2, 0.25) is 5.91 Å². The van der Waals surface area contributed by atoms with E-state index in [2.05, 4.69) is 0 Å². The Morgan fingerprint density at radius 3 is 2.94 bits per heavy atom. The van der Waals surface area contributed by atoms with E-state index in [9.17, 15) is 4.79 Å². The largest absolute Gasteiger partial charge is 0.462 e. The van der Waals surface area contributed by atoms with Crippen molar-refractivity contribution in [1.29, 1.82) is 0 Å². The molecule has 1 saturated heterocycles. The van der Waals surface area contributed by atoms with Gasteiger partial charge >= 0.3 is 0 Å². The fraction of sp³-hybridized carbons (Fsp3) is 0.583. The highest BCUT2D eigenvalue weighted by atomic mass is 16.4. The lowest BCUT2D eigenvalue weighted by molar-refractivity contribution is -0.138. The van der Waals surface area contributed by atoms with Gasteiger partial charge in [-0.25, -0.2) is 0 Å². The molecule has 1 aliphatic heterocycles. The second-order valence-electron chi connectivity index (χ2n) is 4.33. The van der Waals surface area contributed by atoms with Crippen molar-refractivity contribution in [3.63, 3.8) is 0 Å². The zero-order chi connectivity index (χ0) is 11.5. The van der Waals surface area contributed by atoms with Crippen molar-refractivity contribution in [3.8, 4) is 0 Å². The van der Waals surface area contributed by atoms with Crippen LogP contribution in [0, 0.1) is 5.92 Å². The molecule has 0 bridgehead atoms. The van der Waals surface area contributed by atoms with Crippen molar-refractivity contribution in [2.45, 2.75) is 32.9 Å². The van der Waals surface area contributed by atoms with Gasteiger partial charge in [-0.05, 0) is 25.0 Å². The lowest BCUT2D eigenvalue weighted by Crippen LogP contribution is -2.39. The first-order valence-electron chi connectivity index (χ1n) is 5.68. The fourth-order valence-corrected chi connectivity index (χ4v) is 2.07. The summed E-state index contributed by atoms with van der Waals surface area (Å²) in [6.07, 6.45) is 2.04. The van der Waals surface area contributed by atoms with Crippen molar-refractivity contribution >= 4 is 5.91 Å². The van der Waals surface area contributed by atoms with Crippen LogP contribution in [0.5, 0.6) is 0 Å². The molecule has 0 saturated carbocycles. The third-order valence-corrected chi connectivity index (χ3v) is 3.02. The van der Waals surface area contributed by atoms with Crippen molar-refractivity contribution in [2.75, 3.05) is 6.54 Å². The molecule has 2 rings (SSSR count). The molecule has 1 aromatic heterocycles. The van der Waals surface area contributed by atoms with Crippen LogP contribution in [0.1, 0.15) is 31.3 Å². The lowest BCUT2D eigenvalue weighted by Gasteiger charge is -2.29. The number of nitrogens with zero attached hydrogens (tertiary/aromatic N) is 1. The first kappa shape index (κ1) is 11.2. The Hall–Kier alpha value is -1.29. The number of aliphatic hydroxyl groups excluding tert-OH is 1. The number of amides is 1. The molecule has 4 nitrogen and oxygen atoms in total. The molecule has 1 N–H and O–H groups in total. The summed E-state index contributed by atoms with van der Waals surface area (Å²) in [6, 6.07) is 3.56. The molecule has 2 heterocycles. The summed E-state index contributed by atoms with van der Waals surface area (Å²) in [4.78, 5) is 13.7. The van der Waals surface area contributed by atoms with E-state index in [0.29, 0.717) is 12.3 Å². The number of furan rings is 1. The molecule has 1 unspecified atom stereocenters. The summed E-state index contributed by atoms with van der Waals surface area (Å²) in [5.74, 6) is 1.62. The molecular formula is C12H17NO3. The number of hydrogen-bond donors (Lipinski definition) is 1. The van der Waals surface area contributed by atoms with Gasteiger partial charge < -0.3 is 14.4 Å². The predicted octanol–water partition coefficient (Wildman–Crippen LogP) is 1.53. The van der Waals surface area contributed by atoms with Crippen molar-refractivity contribution in [3.05, 3.63) is 23.7 Å². The van der Waals surface area contributed by atoms with Crippen molar-refractivity contribution in [1.82, 2.24) is 4.90 Å². The SMILES string of the molecule is CC1CCCN(Cc2ccc(CO)o2)C1=O. The summed E-state index contributed by atoms with van der Waals surface area (Å²) in [5, 5.41) is 8.88. The van der Waals surface area contributed by atoms with Crippen LogP contribution in [-0.2, 0) is 17.9 Å². The van der Waals surface area contributed by atoms with Gasteiger partial charge in [0, 0.05) is 12.5 Å². The molecule has 16 heavy (non-hydrogen) atoms. The number of hydrogen-bond acceptors (Lipinski definition) is 3. The number of likely N-dealkylation sites (tertiary alicyclic amines) is 1. The average molecular weight is 223 g/mol. The van der Waals surface area contributed by atoms with Gasteiger partial charge in [0.05, 0.1) is 6.54 Å². The monoisotopic (exact) mass is 223 g/mol. The molecule has 1 atom stereocenters. The molecule has 1 fully saturated rings. The van der Waals surface area contributed by atoms with Crippen LogP contribution in [0.2, 0.25) is 0 Å². The van der Waals surface area contributed by atoms with E-state index in [1.54, 1.807) is 6.07 Å². The number of piperidine rings is 1. The van der Waals surface area contributed by atoms with Gasteiger partial charge in [-0.15, -0.1) is 0 Å². The average Bonchev–Trinajstić information content (AvgIpc) is 2.73. The highest BCUT2D eigenvalue weighted by Crippen LogP contribution is 2.20. The smallest absolute Gasteiger partial charge is 0.225 e. The van der Waals surface area contributed by atoms with Crippen LogP contribution in [0.25, 0.3) is 0 Å². The van der Waals surface area contributed by atoms with E-state index < -0.39 is 0 Å². The highest BCUT2D eigenvalue weighted by Gasteiger charge is 2.25. The summed E-state index contributed by atoms with van der Waals surface area (Å²) >= 11 is 0. The van der Waals surface area contributed by atoms with Crippen LogP contribution in [0.15, 0.2) is 16.5 Å². The lowest BCUT2D eigenvalue weighted by atomic mass is 9.99. The Labute approximate surface area is 94.9 Å². The van der Waals surface area contributed by atoms with Gasteiger partial charge in [-0.3, -0.25) is 4.79 Å². The molecule has 1 amide bonds. The maximum absolute atomic E-state index is 11.8. The standard InChI is InChI=1S/C12H17NO3/c1-9-3-2-6-13(12(9)15)7-10-4-5-11(8-14)16-10/h4-5,9,14H,2-3,6-8H2,1H3. The van der Waals surface area contributed by atoms with Crippen LogP contribution in [0.3, 0.4) is 0 Å². The van der Waals surface area contributed by atoms with Gasteiger partial charge in [-0.2, -0.15) is 0 Å². The van der Waals surface area contributed by atoms with E-state index in [1.807, 2.05) is 17.9 Å². The van der Waals surface area contributed by atoms with E-state index >= 15 is 0 Å². The van der Waals surface area contributed by atoms with Crippen molar-refractivity contribution < 1.29 is 14.3 Å². The van der Waals surface area contributed by atoms with Crippen LogP contribution >= 0.6 is 0 Å². The zero-order valence-electron chi connectivity index (χ0n) is 9.48. The van der Waals surface area contributed by atoms with Gasteiger partial charge in [-0.1, -0.05) is 6.92 Å². The second-order valence-corrected chi connectivity index (χ2v) is 4.33. The van der Waals surface area contributed by atoms with Crippen LogP contribution in [-0.4, -0.2) is 22.5 Å². The molecule has 0 aliphatic carbocycles. The number of rotatable bonds is 3. The molecular weight excluding hydrogens is 206 g/mol. The van der Waals surface area contributed by atoms with Gasteiger partial charge in [0.25, 0.3) is 0 Å². The zero-order valence-corrected chi connectivity index (χ0v) is 9.48. The minimum Gasteiger partial charge on any atom is -0.462 e. The quantitative estimate of drug-likeness (QED) is 0.845. The number of carbonyl (C=O) groups excluding carboxylic acids is 1. The first-order valence-corrected chi connectivity index (χ1v) is 5.68. The first-order chi connectivity index (χ1) is 7.70. The maximum atomic E-state index is 11.8. The maximum Gasteiger partial charge on any atom is 0.225 e. The van der Waals surface area contributed by atoms with Crippen LogP contribution < -0.4 is 0 Å². The Kier molecular flexibility index (Phi) is 3.29. The van der Waals surface area contributed by atoms with Crippen LogP contribution in [0.4, 0.5) is 0 Å². The number of carbonyl (C=O) groups is 1. The Balaban J connectivity index is 2.00. The third-order valence-electron chi connectivity index (χ3n) is 3.02. The molecule has 88 valence electrons. The Morgan fingerprint density at radius 2 is 2.25 bits per heavy atom. The molecule has 4 heteroatoms. The van der Waals surface area contributed by atoms with Gasteiger partial charge in [0.1, 0.15) is 18.1 Å². The van der Waals surface area contributed by atoms with E-state index in [0.717, 1.165) is 25.1 Å². The summed E-state index contributed by atoms with van der Waals surface area (Å²) in [7, 11) is 0. The van der Waals surface area contributed by atoms with E-state index in [4.69, 9.17) is 9.52 Å². The summed E-state index contributed by atoms with van der Waals surface area (Å²) in [6.45, 7) is 3.20. The third kappa shape index (κ3) is 2.27. The second kappa shape index (κ2) is 4.70. The van der Waals surface area contributed by atoms with E-state index in [-0.39, 0.29) is 18.4 Å². The summed E-state index contributed by atoms with van der Waals surface area (Å²) < 4.78 is 5.38. The molecule has 0 spiro atoms. The Bertz CT molecular complexity index is 372. The summed E-state index contributed by atoms with van der Waals surface area (Å²) in [5.41, 5.74) is 0. The highest BCUT2D eigenvalue weighted by molar-refractivity contribution is 5.79. The predicted molar refractivity (Wildman–Crippen MR) is 58.4 cm³/mol. The van der Waals surface area contributed by atoms with Gasteiger partial charge in [0.15, 0.2) is 0 Å². The number of aliphatic hydroxyl groups is 1. The molecule has 0 radical (unpaired) electrons. The minimum absolute atomic E-state index is 0.0929. The Morgan fingerprint density at radius 1 is 1.50 bits per heavy atom. The fourth-order valence-electron chi connectivity index (χ4n) is 2.07. The molecule has 0 aromatic carbocycles. The molecule has 1 aromatic rings. The minimum atomic E-state index is -0.0929. The normalized spacial score (nSPS) is 21.5. The molecule has 1 aliphatic rings.